The lowest BCUT2D eigenvalue weighted by Gasteiger charge is -2.13. The highest BCUT2D eigenvalue weighted by molar-refractivity contribution is 7.89. The molecule has 2 amide bonds. The van der Waals surface area contributed by atoms with E-state index in [2.05, 4.69) is 5.32 Å². The lowest BCUT2D eigenvalue weighted by molar-refractivity contribution is -0.123. The molecule has 0 unspecified atom stereocenters. The molecule has 0 spiro atoms. The van der Waals surface area contributed by atoms with Gasteiger partial charge in [-0.1, -0.05) is 0 Å². The van der Waals surface area contributed by atoms with Crippen LogP contribution in [-0.4, -0.2) is 33.9 Å². The molecule has 3 N–H and O–H groups in total. The van der Waals surface area contributed by atoms with Crippen LogP contribution < -0.4 is 25.0 Å². The summed E-state index contributed by atoms with van der Waals surface area (Å²) >= 11 is 0. The zero-order chi connectivity index (χ0) is 20.7. The quantitative estimate of drug-likeness (QED) is 0.561. The summed E-state index contributed by atoms with van der Waals surface area (Å²) in [5.74, 6) is -1.13. The van der Waals surface area contributed by atoms with E-state index in [-0.39, 0.29) is 22.1 Å². The maximum atomic E-state index is 12.8. The Morgan fingerprint density at radius 1 is 1.11 bits per heavy atom. The number of anilines is 1. The molecule has 2 aromatic carbocycles. The maximum absolute atomic E-state index is 12.8. The molecule has 9 nitrogen and oxygen atoms in total. The summed E-state index contributed by atoms with van der Waals surface area (Å²) in [5, 5.41) is 2.45. The summed E-state index contributed by atoms with van der Waals surface area (Å²) in [6.45, 7) is 0.772. The summed E-state index contributed by atoms with van der Waals surface area (Å²) in [6, 6.07) is 8.76. The Morgan fingerprint density at radius 2 is 1.79 bits per heavy atom. The number of hydrogen-bond acceptors (Lipinski definition) is 6. The first-order valence-corrected chi connectivity index (χ1v) is 9.34. The van der Waals surface area contributed by atoms with Crippen LogP contribution >= 0.6 is 0 Å². The number of hydrazine groups is 1. The second-order valence-corrected chi connectivity index (χ2v) is 7.12. The molecule has 11 heteroatoms. The predicted molar refractivity (Wildman–Crippen MR) is 97.7 cm³/mol. The number of carbonyl (C=O) groups excluding carboxylic acids is 2. The normalized spacial score (nSPS) is 10.8. The summed E-state index contributed by atoms with van der Waals surface area (Å²) in [4.78, 5) is 24.7. The van der Waals surface area contributed by atoms with Gasteiger partial charge in [-0.3, -0.25) is 15.0 Å². The van der Waals surface area contributed by atoms with Gasteiger partial charge in [0.1, 0.15) is 17.3 Å². The fraction of sp³-hybridized carbons (Fsp3) is 0.176. The zero-order valence-corrected chi connectivity index (χ0v) is 15.8. The van der Waals surface area contributed by atoms with Crippen molar-refractivity contribution >= 4 is 27.5 Å². The third-order valence-corrected chi connectivity index (χ3v) is 4.55. The molecule has 0 heterocycles. The van der Waals surface area contributed by atoms with Gasteiger partial charge in [0.15, 0.2) is 6.61 Å². The van der Waals surface area contributed by atoms with Crippen molar-refractivity contribution in [3.8, 4) is 11.5 Å². The van der Waals surface area contributed by atoms with Crippen molar-refractivity contribution in [3.63, 3.8) is 0 Å². The van der Waals surface area contributed by atoms with Gasteiger partial charge in [-0.2, -0.15) is 0 Å². The highest BCUT2D eigenvalue weighted by Gasteiger charge is 2.18. The molecule has 28 heavy (non-hydrogen) atoms. The van der Waals surface area contributed by atoms with Crippen LogP contribution in [0.15, 0.2) is 47.4 Å². The number of methoxy groups -OCH3 is 1. The smallest absolute Gasteiger partial charge is 0.272 e. The average Bonchev–Trinajstić information content (AvgIpc) is 2.65. The molecule has 0 saturated carbocycles. The van der Waals surface area contributed by atoms with Crippen molar-refractivity contribution in [1.29, 1.82) is 0 Å². The summed E-state index contributed by atoms with van der Waals surface area (Å²) in [6.07, 6.45) is 0. The van der Waals surface area contributed by atoms with Gasteiger partial charge in [0, 0.05) is 6.92 Å². The molecule has 0 fully saturated rings. The summed E-state index contributed by atoms with van der Waals surface area (Å²) in [5.41, 5.74) is 2.15. The van der Waals surface area contributed by atoms with E-state index in [1.807, 2.05) is 10.3 Å². The van der Waals surface area contributed by atoms with Gasteiger partial charge in [0.2, 0.25) is 5.91 Å². The van der Waals surface area contributed by atoms with Crippen LogP contribution in [0.3, 0.4) is 0 Å². The number of halogens is 1. The van der Waals surface area contributed by atoms with Crippen molar-refractivity contribution in [2.75, 3.05) is 19.0 Å². The van der Waals surface area contributed by atoms with Crippen LogP contribution in [0, 0.1) is 5.82 Å². The van der Waals surface area contributed by atoms with Crippen molar-refractivity contribution < 1.29 is 31.9 Å². The lowest BCUT2D eigenvalue weighted by atomic mass is 10.3. The first-order chi connectivity index (χ1) is 13.2. The monoisotopic (exact) mass is 411 g/mol. The zero-order valence-electron chi connectivity index (χ0n) is 15.0. The third-order valence-electron chi connectivity index (χ3n) is 3.30. The molecular weight excluding hydrogens is 393 g/mol. The van der Waals surface area contributed by atoms with Crippen LogP contribution in [0.5, 0.6) is 11.5 Å². The highest BCUT2D eigenvalue weighted by atomic mass is 32.2. The number of rotatable bonds is 8. The number of amides is 2. The Hall–Kier alpha value is -3.18. The Labute approximate surface area is 160 Å². The van der Waals surface area contributed by atoms with Crippen molar-refractivity contribution in [3.05, 3.63) is 48.3 Å². The van der Waals surface area contributed by atoms with Gasteiger partial charge in [-0.25, -0.2) is 12.8 Å². The van der Waals surface area contributed by atoms with E-state index in [0.717, 1.165) is 12.1 Å². The number of benzene rings is 2. The van der Waals surface area contributed by atoms with Gasteiger partial charge in [0.25, 0.3) is 15.9 Å². The fourth-order valence-corrected chi connectivity index (χ4v) is 2.93. The van der Waals surface area contributed by atoms with Crippen molar-refractivity contribution in [2.45, 2.75) is 11.8 Å². The highest BCUT2D eigenvalue weighted by Crippen LogP contribution is 2.27. The number of hydrogen-bond donors (Lipinski definition) is 3. The molecule has 0 saturated heterocycles. The molecule has 0 bridgehead atoms. The van der Waals surface area contributed by atoms with Crippen molar-refractivity contribution in [1.82, 2.24) is 10.3 Å². The Kier molecular flexibility index (Phi) is 6.90. The summed E-state index contributed by atoms with van der Waals surface area (Å²) < 4.78 is 47.6. The van der Waals surface area contributed by atoms with Gasteiger partial charge >= 0.3 is 0 Å². The van der Waals surface area contributed by atoms with Crippen LogP contribution in [0.25, 0.3) is 0 Å². The molecule has 0 aliphatic carbocycles. The van der Waals surface area contributed by atoms with Crippen LogP contribution in [0.2, 0.25) is 0 Å². The van der Waals surface area contributed by atoms with E-state index in [1.54, 1.807) is 0 Å². The van der Waals surface area contributed by atoms with E-state index >= 15 is 0 Å². The molecule has 0 aliphatic heterocycles. The van der Waals surface area contributed by atoms with Crippen molar-refractivity contribution in [2.24, 2.45) is 0 Å². The van der Waals surface area contributed by atoms with Gasteiger partial charge in [0.05, 0.1) is 17.7 Å². The molecule has 0 radical (unpaired) electrons. The molecule has 2 aromatic rings. The van der Waals surface area contributed by atoms with E-state index in [1.165, 1.54) is 44.4 Å². The number of ether oxygens (including phenoxy) is 2. The minimum atomic E-state index is -4.12. The fourth-order valence-electron chi connectivity index (χ4n) is 2.04. The average molecular weight is 411 g/mol. The largest absolute Gasteiger partial charge is 0.495 e. The Balaban J connectivity index is 1.99. The lowest BCUT2D eigenvalue weighted by Crippen LogP contribution is -2.43. The molecule has 150 valence electrons. The van der Waals surface area contributed by atoms with E-state index in [0.29, 0.717) is 0 Å². The van der Waals surface area contributed by atoms with Crippen LogP contribution in [0.1, 0.15) is 6.92 Å². The second-order valence-electron chi connectivity index (χ2n) is 5.44. The Morgan fingerprint density at radius 3 is 2.39 bits per heavy atom. The molecular formula is C17H18FN3O6S. The topological polar surface area (TPSA) is 123 Å². The van der Waals surface area contributed by atoms with Crippen LogP contribution in [0.4, 0.5) is 10.1 Å². The third kappa shape index (κ3) is 5.93. The molecule has 0 aliphatic rings. The molecule has 2 rings (SSSR count). The van der Waals surface area contributed by atoms with Gasteiger partial charge < -0.3 is 14.8 Å². The van der Waals surface area contributed by atoms with Crippen LogP contribution in [-0.2, 0) is 19.6 Å². The number of carbonyl (C=O) groups is 2. The van der Waals surface area contributed by atoms with E-state index < -0.39 is 34.3 Å². The molecule has 0 aromatic heterocycles. The number of nitrogens with one attached hydrogen (secondary N) is 3. The second kappa shape index (κ2) is 9.15. The Bertz CT molecular complexity index is 963. The SMILES string of the molecule is COc1ccc(S(=O)(=O)NNC(=O)COc2ccc(F)cc2)cc1NC(C)=O. The maximum Gasteiger partial charge on any atom is 0.272 e. The predicted octanol–water partition coefficient (Wildman–Crippen LogP) is 1.18. The van der Waals surface area contributed by atoms with E-state index in [9.17, 15) is 22.4 Å². The van der Waals surface area contributed by atoms with Gasteiger partial charge in [-0.15, -0.1) is 4.83 Å². The standard InChI is InChI=1S/C17H18FN3O6S/c1-11(22)19-15-9-14(7-8-16(15)26-2)28(24,25)21-20-17(23)10-27-13-5-3-12(18)4-6-13/h3-9,21H,10H2,1-2H3,(H,19,22)(H,20,23). The first-order valence-electron chi connectivity index (χ1n) is 7.86. The molecule has 0 atom stereocenters. The van der Waals surface area contributed by atoms with Gasteiger partial charge in [-0.05, 0) is 42.5 Å². The first kappa shape index (κ1) is 21.1. The minimum absolute atomic E-state index is 0.156. The summed E-state index contributed by atoms with van der Waals surface area (Å²) in [7, 11) is -2.75. The van der Waals surface area contributed by atoms with E-state index in [4.69, 9.17) is 9.47 Å². The number of sulfonamides is 1. The minimum Gasteiger partial charge on any atom is -0.495 e.